The van der Waals surface area contributed by atoms with Crippen molar-refractivity contribution >= 4 is 28.5 Å². The van der Waals surface area contributed by atoms with Crippen molar-refractivity contribution in [3.05, 3.63) is 63.4 Å². The zero-order chi connectivity index (χ0) is 20.3. The maximum absolute atomic E-state index is 12.4. The van der Waals surface area contributed by atoms with Gasteiger partial charge >= 0.3 is 5.97 Å². The van der Waals surface area contributed by atoms with E-state index in [0.717, 1.165) is 27.7 Å². The van der Waals surface area contributed by atoms with Crippen LogP contribution in [-0.2, 0) is 6.42 Å². The number of aromatic nitrogens is 2. The summed E-state index contributed by atoms with van der Waals surface area (Å²) in [5.74, 6) is -0.322. The van der Waals surface area contributed by atoms with E-state index in [1.165, 1.54) is 23.8 Å². The van der Waals surface area contributed by atoms with Crippen molar-refractivity contribution in [3.8, 4) is 22.6 Å². The lowest BCUT2D eigenvalue weighted by molar-refractivity contribution is 0.0694. The van der Waals surface area contributed by atoms with E-state index in [9.17, 15) is 14.7 Å². The first kappa shape index (κ1) is 17.9. The Morgan fingerprint density at radius 3 is 2.90 bits per heavy atom. The van der Waals surface area contributed by atoms with Crippen LogP contribution in [0.3, 0.4) is 0 Å². The highest BCUT2D eigenvalue weighted by Crippen LogP contribution is 2.44. The van der Waals surface area contributed by atoms with Crippen LogP contribution in [0.25, 0.3) is 33.6 Å². The zero-order valence-corrected chi connectivity index (χ0v) is 16.7. The number of para-hydroxylation sites is 1. The van der Waals surface area contributed by atoms with Crippen LogP contribution < -0.4 is 5.43 Å². The lowest BCUT2D eigenvalue weighted by Crippen LogP contribution is -2.27. The van der Waals surface area contributed by atoms with Crippen LogP contribution in [0.2, 0.25) is 0 Å². The zero-order valence-electron chi connectivity index (χ0n) is 15.9. The second kappa shape index (κ2) is 6.42. The fourth-order valence-electron chi connectivity index (χ4n) is 4.18. The number of aromatic carboxylic acids is 1. The van der Waals surface area contributed by atoms with Crippen molar-refractivity contribution in [2.45, 2.75) is 26.3 Å². The Morgan fingerprint density at radius 2 is 2.21 bits per heavy atom. The summed E-state index contributed by atoms with van der Waals surface area (Å²) >= 11 is 1.38. The van der Waals surface area contributed by atoms with Crippen molar-refractivity contribution in [1.82, 2.24) is 8.94 Å². The molecule has 0 radical (unpaired) electrons. The number of fused-ring (bicyclic) bond motifs is 5. The lowest BCUT2D eigenvalue weighted by Gasteiger charge is -2.31. The first-order chi connectivity index (χ1) is 14.0. The Hall–Kier alpha value is -3.19. The van der Waals surface area contributed by atoms with E-state index in [1.807, 2.05) is 34.3 Å². The minimum absolute atomic E-state index is 0.0310. The van der Waals surface area contributed by atoms with Gasteiger partial charge in [0.1, 0.15) is 11.1 Å². The molecule has 7 heteroatoms. The van der Waals surface area contributed by atoms with E-state index in [4.69, 9.17) is 4.42 Å². The summed E-state index contributed by atoms with van der Waals surface area (Å²) in [6, 6.07) is 7.47. The summed E-state index contributed by atoms with van der Waals surface area (Å²) < 4.78 is 12.4. The molecule has 0 spiro atoms. The minimum atomic E-state index is -1.21. The molecule has 4 heterocycles. The smallest absolute Gasteiger partial charge is 0.341 e. The Bertz CT molecular complexity index is 1310. The summed E-state index contributed by atoms with van der Waals surface area (Å²) in [5.41, 5.74) is 3.68. The number of carboxylic acids is 1. The molecule has 4 aromatic rings. The third-order valence-corrected chi connectivity index (χ3v) is 6.23. The van der Waals surface area contributed by atoms with Crippen LogP contribution in [0, 0.1) is 5.92 Å². The largest absolute Gasteiger partial charge is 0.477 e. The number of furan rings is 1. The Balaban J connectivity index is 1.83. The molecule has 0 saturated carbocycles. The van der Waals surface area contributed by atoms with Crippen molar-refractivity contribution in [2.24, 2.45) is 5.92 Å². The molecule has 0 fully saturated rings. The van der Waals surface area contributed by atoms with Gasteiger partial charge in [-0.15, -0.1) is 0 Å². The molecule has 29 heavy (non-hydrogen) atoms. The Labute approximate surface area is 170 Å². The number of benzene rings is 1. The molecule has 0 amide bonds. The molecule has 0 unspecified atom stereocenters. The van der Waals surface area contributed by atoms with Crippen LogP contribution in [0.1, 0.15) is 35.8 Å². The Kier molecular flexibility index (Phi) is 3.96. The molecule has 1 aromatic carbocycles. The molecular formula is C22H18N2O4S. The summed E-state index contributed by atoms with van der Waals surface area (Å²) in [6.07, 6.45) is 3.99. The van der Waals surface area contributed by atoms with Crippen molar-refractivity contribution < 1.29 is 14.3 Å². The molecule has 146 valence electrons. The molecule has 1 aliphatic heterocycles. The van der Waals surface area contributed by atoms with Gasteiger partial charge in [0.2, 0.25) is 0 Å². The van der Waals surface area contributed by atoms with Gasteiger partial charge in [0.15, 0.2) is 11.2 Å². The maximum Gasteiger partial charge on any atom is 0.341 e. The number of carbonyl (C=O) groups is 1. The summed E-state index contributed by atoms with van der Waals surface area (Å²) in [5, 5.41) is 12.4. The van der Waals surface area contributed by atoms with E-state index in [2.05, 4.69) is 18.2 Å². The third kappa shape index (κ3) is 2.65. The van der Waals surface area contributed by atoms with Crippen LogP contribution >= 0.6 is 11.5 Å². The van der Waals surface area contributed by atoms with Gasteiger partial charge in [0.05, 0.1) is 5.69 Å². The SMILES string of the molecule is CC(C)[C@@H]1Cc2c(oc3c(-c4cnsc4)cccc23)-c2cc(=O)c(C(=O)O)cn21. The van der Waals surface area contributed by atoms with Gasteiger partial charge in [-0.25, -0.2) is 9.17 Å². The number of hydrogen-bond acceptors (Lipinski definition) is 5. The number of pyridine rings is 1. The normalized spacial score (nSPS) is 15.5. The summed E-state index contributed by atoms with van der Waals surface area (Å²) in [7, 11) is 0. The number of rotatable bonds is 3. The van der Waals surface area contributed by atoms with E-state index in [-0.39, 0.29) is 17.5 Å². The predicted octanol–water partition coefficient (Wildman–Crippen LogP) is 4.84. The minimum Gasteiger partial charge on any atom is -0.477 e. The molecule has 1 aliphatic rings. The first-order valence-electron chi connectivity index (χ1n) is 9.39. The average molecular weight is 406 g/mol. The summed E-state index contributed by atoms with van der Waals surface area (Å²) in [4.78, 5) is 23.9. The Morgan fingerprint density at radius 1 is 1.38 bits per heavy atom. The summed E-state index contributed by atoms with van der Waals surface area (Å²) in [6.45, 7) is 4.20. The number of nitrogens with zero attached hydrogens (tertiary/aromatic N) is 2. The number of hydrogen-bond donors (Lipinski definition) is 1. The topological polar surface area (TPSA) is 85.3 Å². The molecule has 3 aromatic heterocycles. The lowest BCUT2D eigenvalue weighted by atomic mass is 9.89. The molecule has 6 nitrogen and oxygen atoms in total. The highest BCUT2D eigenvalue weighted by molar-refractivity contribution is 7.03. The monoisotopic (exact) mass is 406 g/mol. The van der Waals surface area contributed by atoms with Crippen LogP contribution in [0.5, 0.6) is 0 Å². The van der Waals surface area contributed by atoms with Crippen molar-refractivity contribution in [2.75, 3.05) is 0 Å². The van der Waals surface area contributed by atoms with Gasteiger partial charge in [0.25, 0.3) is 0 Å². The molecule has 5 rings (SSSR count). The molecule has 1 N–H and O–H groups in total. The quantitative estimate of drug-likeness (QED) is 0.526. The van der Waals surface area contributed by atoms with Crippen LogP contribution in [0.15, 0.2) is 51.3 Å². The van der Waals surface area contributed by atoms with E-state index >= 15 is 0 Å². The van der Waals surface area contributed by atoms with E-state index in [1.54, 1.807) is 0 Å². The molecule has 0 saturated heterocycles. The highest BCUT2D eigenvalue weighted by atomic mass is 32.1. The van der Waals surface area contributed by atoms with Gasteiger partial charge in [-0.3, -0.25) is 4.79 Å². The van der Waals surface area contributed by atoms with Crippen molar-refractivity contribution in [1.29, 1.82) is 0 Å². The van der Waals surface area contributed by atoms with E-state index in [0.29, 0.717) is 17.9 Å². The van der Waals surface area contributed by atoms with Gasteiger partial charge in [0, 0.05) is 52.0 Å². The fourth-order valence-corrected chi connectivity index (χ4v) is 4.71. The molecule has 1 atom stereocenters. The molecular weight excluding hydrogens is 388 g/mol. The van der Waals surface area contributed by atoms with Crippen molar-refractivity contribution in [3.63, 3.8) is 0 Å². The average Bonchev–Trinajstić information content (AvgIpc) is 3.34. The van der Waals surface area contributed by atoms with Crippen LogP contribution in [-0.4, -0.2) is 20.0 Å². The standard InChI is InChI=1S/C22H18N2O4S/c1-11(2)17-6-15-14-5-3-4-13(12-8-23-29-10-12)20(14)28-21(15)18-7-19(25)16(22(26)27)9-24(17)18/h3-5,7-11,17H,6H2,1-2H3,(H,26,27)/t17-/m0/s1. The van der Waals surface area contributed by atoms with E-state index < -0.39 is 11.4 Å². The predicted molar refractivity (Wildman–Crippen MR) is 112 cm³/mol. The van der Waals surface area contributed by atoms with Crippen LogP contribution in [0.4, 0.5) is 0 Å². The maximum atomic E-state index is 12.4. The fraction of sp³-hybridized carbons (Fsp3) is 0.227. The van der Waals surface area contributed by atoms with Gasteiger partial charge in [-0.2, -0.15) is 0 Å². The number of carboxylic acid groups (broad SMARTS) is 1. The second-order valence-corrected chi connectivity index (χ2v) is 8.33. The highest BCUT2D eigenvalue weighted by Gasteiger charge is 2.32. The van der Waals surface area contributed by atoms with Gasteiger partial charge < -0.3 is 14.1 Å². The van der Waals surface area contributed by atoms with Gasteiger partial charge in [-0.1, -0.05) is 32.0 Å². The molecule has 0 bridgehead atoms. The third-order valence-electron chi connectivity index (χ3n) is 5.64. The first-order valence-corrected chi connectivity index (χ1v) is 10.2. The van der Waals surface area contributed by atoms with Gasteiger partial charge in [-0.05, 0) is 23.9 Å². The molecule has 0 aliphatic carbocycles. The second-order valence-electron chi connectivity index (χ2n) is 7.67.